The molecule has 0 spiro atoms. The molecule has 1 aromatic rings. The first-order valence-corrected chi connectivity index (χ1v) is 8.76. The summed E-state index contributed by atoms with van der Waals surface area (Å²) in [5.74, 6) is 0.954. The molecule has 0 amide bonds. The van der Waals surface area contributed by atoms with Gasteiger partial charge in [0.15, 0.2) is 4.34 Å². The molecule has 2 aliphatic carbocycles. The molecule has 4 nitrogen and oxygen atoms in total. The van der Waals surface area contributed by atoms with Crippen LogP contribution < -0.4 is 5.32 Å². The minimum Gasteiger partial charge on any atom is -0.394 e. The van der Waals surface area contributed by atoms with Crippen molar-refractivity contribution in [2.24, 2.45) is 0 Å². The van der Waals surface area contributed by atoms with Gasteiger partial charge in [-0.15, -0.1) is 0 Å². The molecule has 1 heterocycles. The van der Waals surface area contributed by atoms with E-state index < -0.39 is 0 Å². The van der Waals surface area contributed by atoms with Gasteiger partial charge in [-0.1, -0.05) is 18.7 Å². The highest BCUT2D eigenvalue weighted by Crippen LogP contribution is 2.42. The molecular weight excluding hydrogens is 278 g/mol. The minimum atomic E-state index is -0.0306. The van der Waals surface area contributed by atoms with Gasteiger partial charge in [-0.3, -0.25) is 0 Å². The van der Waals surface area contributed by atoms with Gasteiger partial charge in [0.05, 0.1) is 6.61 Å². The van der Waals surface area contributed by atoms with Crippen molar-refractivity contribution in [1.82, 2.24) is 14.7 Å². The van der Waals surface area contributed by atoms with Crippen LogP contribution >= 0.6 is 23.3 Å². The smallest absolute Gasteiger partial charge is 0.170 e. The first kappa shape index (κ1) is 13.8. The molecule has 3 rings (SSSR count). The summed E-state index contributed by atoms with van der Waals surface area (Å²) in [4.78, 5) is 4.53. The molecule has 2 fully saturated rings. The molecular formula is C13H21N3OS2. The summed E-state index contributed by atoms with van der Waals surface area (Å²) in [6, 6.07) is 0.657. The van der Waals surface area contributed by atoms with Gasteiger partial charge >= 0.3 is 0 Å². The molecule has 2 unspecified atom stereocenters. The summed E-state index contributed by atoms with van der Waals surface area (Å²) in [5, 5.41) is 13.9. The molecule has 0 aromatic carbocycles. The van der Waals surface area contributed by atoms with Gasteiger partial charge in [-0.2, -0.15) is 4.37 Å². The number of thioether (sulfide) groups is 1. The number of hydrogen-bond acceptors (Lipinski definition) is 6. The lowest BCUT2D eigenvalue weighted by Crippen LogP contribution is -2.47. The highest BCUT2D eigenvalue weighted by molar-refractivity contribution is 8.01. The van der Waals surface area contributed by atoms with Crippen molar-refractivity contribution in [1.29, 1.82) is 0 Å². The van der Waals surface area contributed by atoms with E-state index in [-0.39, 0.29) is 12.1 Å². The minimum absolute atomic E-state index is 0.0306. The second-order valence-corrected chi connectivity index (χ2v) is 7.97. The Kier molecular flexibility index (Phi) is 4.12. The van der Waals surface area contributed by atoms with Crippen LogP contribution in [0.25, 0.3) is 0 Å². The van der Waals surface area contributed by atoms with E-state index in [1.807, 2.05) is 11.8 Å². The van der Waals surface area contributed by atoms with Crippen molar-refractivity contribution in [2.45, 2.75) is 66.6 Å². The number of aromatic nitrogens is 2. The fraction of sp³-hybridized carbons (Fsp3) is 0.846. The molecule has 2 aliphatic rings. The zero-order valence-corrected chi connectivity index (χ0v) is 12.9. The van der Waals surface area contributed by atoms with Crippen molar-refractivity contribution in [3.63, 3.8) is 0 Å². The van der Waals surface area contributed by atoms with E-state index in [0.29, 0.717) is 11.3 Å². The average Bonchev–Trinajstić information content (AvgIpc) is 2.97. The van der Waals surface area contributed by atoms with Crippen molar-refractivity contribution in [3.05, 3.63) is 5.82 Å². The van der Waals surface area contributed by atoms with E-state index in [4.69, 9.17) is 0 Å². The maximum Gasteiger partial charge on any atom is 0.170 e. The number of rotatable bonds is 6. The van der Waals surface area contributed by atoms with E-state index in [1.54, 1.807) is 0 Å². The Labute approximate surface area is 122 Å². The molecule has 1 aromatic heterocycles. The van der Waals surface area contributed by atoms with Gasteiger partial charge in [0.2, 0.25) is 0 Å². The summed E-state index contributed by atoms with van der Waals surface area (Å²) >= 11 is 3.36. The fourth-order valence-electron chi connectivity index (χ4n) is 2.73. The highest BCUT2D eigenvalue weighted by Gasteiger charge is 2.42. The van der Waals surface area contributed by atoms with Crippen LogP contribution in [0.5, 0.6) is 0 Å². The summed E-state index contributed by atoms with van der Waals surface area (Å²) in [7, 11) is 0. The van der Waals surface area contributed by atoms with Crippen LogP contribution in [0.15, 0.2) is 4.34 Å². The first-order chi connectivity index (χ1) is 9.23. The van der Waals surface area contributed by atoms with Gasteiger partial charge in [-0.05, 0) is 43.6 Å². The lowest BCUT2D eigenvalue weighted by Gasteiger charge is -2.28. The van der Waals surface area contributed by atoms with Crippen LogP contribution in [-0.4, -0.2) is 37.9 Å². The third-order valence-electron chi connectivity index (χ3n) is 3.99. The van der Waals surface area contributed by atoms with Crippen molar-refractivity contribution in [3.8, 4) is 0 Å². The molecule has 2 saturated carbocycles. The van der Waals surface area contributed by atoms with Crippen LogP contribution in [0.2, 0.25) is 0 Å². The van der Waals surface area contributed by atoms with E-state index in [9.17, 15) is 5.11 Å². The number of hydrogen-bond donors (Lipinski definition) is 2. The van der Waals surface area contributed by atoms with Crippen molar-refractivity contribution < 1.29 is 5.11 Å². The van der Waals surface area contributed by atoms with Crippen LogP contribution in [-0.2, 0) is 6.42 Å². The Morgan fingerprint density at radius 1 is 1.47 bits per heavy atom. The van der Waals surface area contributed by atoms with Crippen molar-refractivity contribution in [2.75, 3.05) is 6.61 Å². The van der Waals surface area contributed by atoms with E-state index in [0.717, 1.165) is 35.8 Å². The monoisotopic (exact) mass is 299 g/mol. The van der Waals surface area contributed by atoms with Crippen LogP contribution in [0.4, 0.5) is 0 Å². The molecule has 0 aliphatic heterocycles. The third kappa shape index (κ3) is 3.29. The summed E-state index contributed by atoms with van der Waals surface area (Å²) in [5.41, 5.74) is -0.0306. The van der Waals surface area contributed by atoms with Gasteiger partial charge in [0.1, 0.15) is 5.82 Å². The molecule has 0 saturated heterocycles. The lowest BCUT2D eigenvalue weighted by molar-refractivity contribution is 0.163. The molecule has 6 heteroatoms. The molecule has 2 N–H and O–H groups in total. The lowest BCUT2D eigenvalue weighted by atomic mass is 9.99. The SMILES string of the molecule is CCc1nsc(SC2CCC(CO)(NC3CC3)C2)n1. The molecule has 0 radical (unpaired) electrons. The van der Waals surface area contributed by atoms with Gasteiger partial charge < -0.3 is 10.4 Å². The molecule has 19 heavy (non-hydrogen) atoms. The summed E-state index contributed by atoms with van der Waals surface area (Å²) in [6.45, 7) is 2.35. The van der Waals surface area contributed by atoms with E-state index in [1.165, 1.54) is 24.4 Å². The number of aryl methyl sites for hydroxylation is 1. The maximum atomic E-state index is 9.72. The van der Waals surface area contributed by atoms with Crippen LogP contribution in [0, 0.1) is 0 Å². The van der Waals surface area contributed by atoms with E-state index >= 15 is 0 Å². The predicted molar refractivity (Wildman–Crippen MR) is 78.8 cm³/mol. The van der Waals surface area contributed by atoms with Crippen LogP contribution in [0.3, 0.4) is 0 Å². The molecule has 0 bridgehead atoms. The average molecular weight is 299 g/mol. The zero-order chi connectivity index (χ0) is 13.3. The topological polar surface area (TPSA) is 58.0 Å². The number of nitrogens with one attached hydrogen (secondary N) is 1. The zero-order valence-electron chi connectivity index (χ0n) is 11.3. The summed E-state index contributed by atoms with van der Waals surface area (Å²) in [6.07, 6.45) is 6.74. The van der Waals surface area contributed by atoms with Crippen LogP contribution in [0.1, 0.15) is 44.9 Å². The van der Waals surface area contributed by atoms with Crippen molar-refractivity contribution >= 4 is 23.3 Å². The predicted octanol–water partition coefficient (Wildman–Crippen LogP) is 2.23. The normalized spacial score (nSPS) is 30.9. The second kappa shape index (κ2) is 5.68. The Balaban J connectivity index is 1.57. The maximum absolute atomic E-state index is 9.72. The Morgan fingerprint density at radius 3 is 2.95 bits per heavy atom. The van der Waals surface area contributed by atoms with Gasteiger partial charge in [-0.25, -0.2) is 4.98 Å². The Hall–Kier alpha value is -0.170. The third-order valence-corrected chi connectivity index (χ3v) is 6.08. The van der Waals surface area contributed by atoms with E-state index in [2.05, 4.69) is 21.6 Å². The Morgan fingerprint density at radius 2 is 2.32 bits per heavy atom. The standard InChI is InChI=1S/C13H21N3OS2/c1-2-11-14-12(19-16-11)18-10-5-6-13(7-10,8-17)15-9-3-4-9/h9-10,15,17H,2-8H2,1H3. The quantitative estimate of drug-likeness (QED) is 0.843. The number of nitrogens with zero attached hydrogens (tertiary/aromatic N) is 2. The highest BCUT2D eigenvalue weighted by atomic mass is 32.2. The fourth-order valence-corrected chi connectivity index (χ4v) is 5.00. The molecule has 2 atom stereocenters. The first-order valence-electron chi connectivity index (χ1n) is 7.11. The number of aliphatic hydroxyl groups excluding tert-OH is 1. The Bertz CT molecular complexity index is 435. The summed E-state index contributed by atoms with van der Waals surface area (Å²) < 4.78 is 5.42. The number of aliphatic hydroxyl groups is 1. The van der Waals surface area contributed by atoms with Gasteiger partial charge in [0.25, 0.3) is 0 Å². The van der Waals surface area contributed by atoms with Gasteiger partial charge in [0, 0.05) is 23.3 Å². The molecule has 106 valence electrons. The largest absolute Gasteiger partial charge is 0.394 e. The second-order valence-electron chi connectivity index (χ2n) is 5.67.